The Hall–Kier alpha value is -3.07. The van der Waals surface area contributed by atoms with Gasteiger partial charge in [0.2, 0.25) is 11.8 Å². The summed E-state index contributed by atoms with van der Waals surface area (Å²) in [6.07, 6.45) is 1.07. The van der Waals surface area contributed by atoms with Crippen molar-refractivity contribution in [2.45, 2.75) is 57.1 Å². The lowest BCUT2D eigenvalue weighted by Crippen LogP contribution is -2.53. The van der Waals surface area contributed by atoms with E-state index in [0.717, 1.165) is 16.3 Å². The standard InChI is InChI=1S/C29H33Cl2N3O4S/c1-4-21(3)32-29(36)26(5-2)33(19-22-12-8-6-9-13-22)28(35)20-34(27-17-16-23(30)18-25(27)31)39(37,38)24-14-10-7-11-15-24/h6-18,21,26H,4-5,19-20H2,1-3H3,(H,32,36). The van der Waals surface area contributed by atoms with Crippen LogP contribution < -0.4 is 9.62 Å². The predicted molar refractivity (Wildman–Crippen MR) is 156 cm³/mol. The number of hydrogen-bond donors (Lipinski definition) is 1. The highest BCUT2D eigenvalue weighted by Gasteiger charge is 2.34. The van der Waals surface area contributed by atoms with Crippen molar-refractivity contribution in [2.24, 2.45) is 0 Å². The Morgan fingerprint density at radius 3 is 2.08 bits per heavy atom. The molecule has 0 aliphatic heterocycles. The van der Waals surface area contributed by atoms with Gasteiger partial charge in [-0.05, 0) is 55.7 Å². The van der Waals surface area contributed by atoms with Crippen LogP contribution >= 0.6 is 23.2 Å². The minimum Gasteiger partial charge on any atom is -0.352 e. The largest absolute Gasteiger partial charge is 0.352 e. The van der Waals surface area contributed by atoms with E-state index in [2.05, 4.69) is 5.32 Å². The third kappa shape index (κ3) is 7.75. The van der Waals surface area contributed by atoms with Gasteiger partial charge in [-0.1, -0.05) is 85.6 Å². The first kappa shape index (κ1) is 30.5. The lowest BCUT2D eigenvalue weighted by Gasteiger charge is -2.34. The van der Waals surface area contributed by atoms with Crippen LogP contribution in [0.5, 0.6) is 0 Å². The molecule has 0 saturated heterocycles. The predicted octanol–water partition coefficient (Wildman–Crippen LogP) is 5.91. The summed E-state index contributed by atoms with van der Waals surface area (Å²) in [7, 11) is -4.21. The van der Waals surface area contributed by atoms with Crippen molar-refractivity contribution in [3.05, 3.63) is 94.5 Å². The molecule has 0 fully saturated rings. The zero-order valence-corrected chi connectivity index (χ0v) is 24.5. The van der Waals surface area contributed by atoms with Crippen LogP contribution in [0.15, 0.2) is 83.8 Å². The molecular formula is C29H33Cl2N3O4S. The second-order valence-corrected chi connectivity index (χ2v) is 11.9. The number of hydrogen-bond acceptors (Lipinski definition) is 4. The van der Waals surface area contributed by atoms with Gasteiger partial charge in [0.25, 0.3) is 10.0 Å². The smallest absolute Gasteiger partial charge is 0.264 e. The third-order valence-corrected chi connectivity index (χ3v) is 8.68. The molecule has 2 unspecified atom stereocenters. The molecule has 10 heteroatoms. The first-order valence-corrected chi connectivity index (χ1v) is 14.9. The fraction of sp³-hybridized carbons (Fsp3) is 0.310. The number of nitrogens with one attached hydrogen (secondary N) is 1. The molecular weight excluding hydrogens is 557 g/mol. The number of benzene rings is 3. The van der Waals surface area contributed by atoms with Crippen LogP contribution in [0.2, 0.25) is 10.0 Å². The lowest BCUT2D eigenvalue weighted by molar-refractivity contribution is -0.140. The molecule has 3 aromatic rings. The maximum atomic E-state index is 14.0. The van der Waals surface area contributed by atoms with Crippen molar-refractivity contribution in [1.82, 2.24) is 10.2 Å². The highest BCUT2D eigenvalue weighted by molar-refractivity contribution is 7.92. The van der Waals surface area contributed by atoms with Gasteiger partial charge in [-0.15, -0.1) is 0 Å². The lowest BCUT2D eigenvalue weighted by atomic mass is 10.1. The fourth-order valence-corrected chi connectivity index (χ4v) is 6.07. The Labute approximate surface area is 240 Å². The maximum absolute atomic E-state index is 14.0. The van der Waals surface area contributed by atoms with Crippen molar-refractivity contribution in [3.8, 4) is 0 Å². The summed E-state index contributed by atoms with van der Waals surface area (Å²) >= 11 is 12.5. The number of anilines is 1. The Balaban J connectivity index is 2.07. The zero-order chi connectivity index (χ0) is 28.6. The molecule has 3 aromatic carbocycles. The Bertz CT molecular complexity index is 1370. The van der Waals surface area contributed by atoms with Gasteiger partial charge in [-0.2, -0.15) is 0 Å². The number of amides is 2. The van der Waals surface area contributed by atoms with Gasteiger partial charge in [0.15, 0.2) is 0 Å². The number of carbonyl (C=O) groups is 2. The monoisotopic (exact) mass is 589 g/mol. The normalized spacial score (nSPS) is 12.8. The molecule has 2 amide bonds. The van der Waals surface area contributed by atoms with Gasteiger partial charge in [-0.25, -0.2) is 8.42 Å². The zero-order valence-electron chi connectivity index (χ0n) is 22.2. The van der Waals surface area contributed by atoms with Crippen LogP contribution in [0.25, 0.3) is 0 Å². The molecule has 0 heterocycles. The molecule has 0 aliphatic carbocycles. The summed E-state index contributed by atoms with van der Waals surface area (Å²) in [4.78, 5) is 28.7. The first-order valence-electron chi connectivity index (χ1n) is 12.7. The van der Waals surface area contributed by atoms with Crippen molar-refractivity contribution in [3.63, 3.8) is 0 Å². The fourth-order valence-electron chi connectivity index (χ4n) is 4.06. The number of rotatable bonds is 12. The number of sulfonamides is 1. The molecule has 0 bridgehead atoms. The second-order valence-electron chi connectivity index (χ2n) is 9.17. The molecule has 39 heavy (non-hydrogen) atoms. The Morgan fingerprint density at radius 2 is 1.51 bits per heavy atom. The molecule has 0 aromatic heterocycles. The van der Waals surface area contributed by atoms with Gasteiger partial charge in [0, 0.05) is 17.6 Å². The SMILES string of the molecule is CCC(C)NC(=O)C(CC)N(Cc1ccccc1)C(=O)CN(c1ccc(Cl)cc1Cl)S(=O)(=O)c1ccccc1. The van der Waals surface area contributed by atoms with Crippen LogP contribution in [0.3, 0.4) is 0 Å². The number of halogens is 2. The third-order valence-electron chi connectivity index (χ3n) is 6.37. The molecule has 7 nitrogen and oxygen atoms in total. The van der Waals surface area contributed by atoms with E-state index < -0.39 is 28.5 Å². The summed E-state index contributed by atoms with van der Waals surface area (Å²) in [5, 5.41) is 3.36. The highest BCUT2D eigenvalue weighted by atomic mass is 35.5. The average molecular weight is 591 g/mol. The van der Waals surface area contributed by atoms with Crippen LogP contribution in [0.4, 0.5) is 5.69 Å². The van der Waals surface area contributed by atoms with E-state index in [9.17, 15) is 18.0 Å². The van der Waals surface area contributed by atoms with Gasteiger partial charge < -0.3 is 10.2 Å². The van der Waals surface area contributed by atoms with Gasteiger partial charge in [0.1, 0.15) is 12.6 Å². The average Bonchev–Trinajstić information content (AvgIpc) is 2.92. The second kappa shape index (κ2) is 13.8. The van der Waals surface area contributed by atoms with Crippen molar-refractivity contribution >= 4 is 50.7 Å². The van der Waals surface area contributed by atoms with Crippen LogP contribution in [-0.2, 0) is 26.2 Å². The first-order chi connectivity index (χ1) is 18.6. The van der Waals surface area contributed by atoms with Crippen molar-refractivity contribution in [2.75, 3.05) is 10.8 Å². The van der Waals surface area contributed by atoms with E-state index >= 15 is 0 Å². The number of carbonyl (C=O) groups excluding carboxylic acids is 2. The summed E-state index contributed by atoms with van der Waals surface area (Å²) in [5.41, 5.74) is 0.915. The topological polar surface area (TPSA) is 86.8 Å². The molecule has 0 saturated carbocycles. The van der Waals surface area contributed by atoms with E-state index in [1.807, 2.05) is 51.1 Å². The van der Waals surface area contributed by atoms with E-state index in [4.69, 9.17) is 23.2 Å². The number of nitrogens with zero attached hydrogens (tertiary/aromatic N) is 2. The molecule has 0 aliphatic rings. The van der Waals surface area contributed by atoms with Gasteiger partial charge >= 0.3 is 0 Å². The van der Waals surface area contributed by atoms with Crippen molar-refractivity contribution in [1.29, 1.82) is 0 Å². The molecule has 0 spiro atoms. The summed E-state index contributed by atoms with van der Waals surface area (Å²) in [6.45, 7) is 5.23. The minimum atomic E-state index is -4.21. The van der Waals surface area contributed by atoms with E-state index in [0.29, 0.717) is 11.4 Å². The van der Waals surface area contributed by atoms with Gasteiger partial charge in [0.05, 0.1) is 15.6 Å². The molecule has 2 atom stereocenters. The maximum Gasteiger partial charge on any atom is 0.264 e. The minimum absolute atomic E-state index is 0.0000174. The Morgan fingerprint density at radius 1 is 0.897 bits per heavy atom. The molecule has 3 rings (SSSR count). The van der Waals surface area contributed by atoms with Crippen molar-refractivity contribution < 1.29 is 18.0 Å². The summed E-state index contributed by atoms with van der Waals surface area (Å²) < 4.78 is 28.6. The van der Waals surface area contributed by atoms with E-state index in [1.54, 1.807) is 18.2 Å². The van der Waals surface area contributed by atoms with Crippen LogP contribution in [-0.4, -0.2) is 43.8 Å². The van der Waals surface area contributed by atoms with Crippen LogP contribution in [0, 0.1) is 0 Å². The van der Waals surface area contributed by atoms with E-state index in [1.165, 1.54) is 35.2 Å². The summed E-state index contributed by atoms with van der Waals surface area (Å²) in [5.74, 6) is -0.839. The summed E-state index contributed by atoms with van der Waals surface area (Å²) in [6, 6.07) is 20.6. The Kier molecular flexibility index (Phi) is 10.8. The molecule has 208 valence electrons. The van der Waals surface area contributed by atoms with Gasteiger partial charge in [-0.3, -0.25) is 13.9 Å². The highest BCUT2D eigenvalue weighted by Crippen LogP contribution is 2.33. The van der Waals surface area contributed by atoms with Crippen LogP contribution in [0.1, 0.15) is 39.2 Å². The quantitative estimate of drug-likeness (QED) is 0.284. The molecule has 0 radical (unpaired) electrons. The molecule has 1 N–H and O–H groups in total. The van der Waals surface area contributed by atoms with E-state index in [-0.39, 0.29) is 34.1 Å².